The number of para-hydroxylation sites is 1. The number of halogens is 1. The monoisotopic (exact) mass is 548 g/mol. The predicted molar refractivity (Wildman–Crippen MR) is 152 cm³/mol. The number of benzene rings is 2. The molecule has 0 unspecified atom stereocenters. The average Bonchev–Trinajstić information content (AvgIpc) is 2.85. The lowest BCUT2D eigenvalue weighted by Crippen LogP contribution is -2.50. The summed E-state index contributed by atoms with van der Waals surface area (Å²) >= 11 is 6.33. The van der Waals surface area contributed by atoms with Gasteiger partial charge >= 0.3 is 6.09 Å². The molecule has 2 aromatic carbocycles. The Morgan fingerprint density at radius 2 is 1.82 bits per heavy atom. The molecule has 204 valence electrons. The second-order valence-electron chi connectivity index (χ2n) is 10.5. The summed E-state index contributed by atoms with van der Waals surface area (Å²) in [5.41, 5.74) is 1.35. The van der Waals surface area contributed by atoms with Crippen LogP contribution in [0.4, 0.5) is 22.2 Å². The maximum absolute atomic E-state index is 12.5. The van der Waals surface area contributed by atoms with Crippen molar-refractivity contribution in [3.05, 3.63) is 64.7 Å². The van der Waals surface area contributed by atoms with Crippen molar-refractivity contribution in [3.63, 3.8) is 0 Å². The number of aryl methyl sites for hydroxylation is 1. The third-order valence-electron chi connectivity index (χ3n) is 6.09. The summed E-state index contributed by atoms with van der Waals surface area (Å²) in [5, 5.41) is 20.1. The minimum Gasteiger partial charge on any atom is -0.444 e. The standard InChI is InChI=1S/C29H33ClN6O3/c1-18-10-9-11-19(16-18)32-25-20(17-31)26(38-24-15-8-5-12-21(24)30)36-27(35-25)33-22-13-6-7-14-23(22)34-28(37)39-29(2,3)4/h5,8-12,15-16,22-23H,6-7,13-14H2,1-4H3,(H,34,37)(H2,32,33,35,36)/t22-,23+/m1/s1. The van der Waals surface area contributed by atoms with Gasteiger partial charge in [0.25, 0.3) is 0 Å². The van der Waals surface area contributed by atoms with Crippen molar-refractivity contribution in [2.45, 2.75) is 71.1 Å². The first-order chi connectivity index (χ1) is 18.6. The molecule has 3 N–H and O–H groups in total. The minimum absolute atomic E-state index is 0.0608. The van der Waals surface area contributed by atoms with E-state index in [1.54, 1.807) is 24.3 Å². The number of rotatable bonds is 7. The molecule has 1 amide bonds. The minimum atomic E-state index is -0.598. The van der Waals surface area contributed by atoms with Crippen LogP contribution >= 0.6 is 11.6 Å². The lowest BCUT2D eigenvalue weighted by molar-refractivity contribution is 0.0488. The number of nitrogens with one attached hydrogen (secondary N) is 3. The van der Waals surface area contributed by atoms with E-state index in [4.69, 9.17) is 21.1 Å². The highest BCUT2D eigenvalue weighted by Gasteiger charge is 2.30. The van der Waals surface area contributed by atoms with Gasteiger partial charge in [0.2, 0.25) is 11.8 Å². The van der Waals surface area contributed by atoms with Crippen LogP contribution in [-0.2, 0) is 4.74 Å². The molecular formula is C29H33ClN6O3. The van der Waals surface area contributed by atoms with Crippen molar-refractivity contribution in [1.82, 2.24) is 15.3 Å². The van der Waals surface area contributed by atoms with E-state index in [-0.39, 0.29) is 35.3 Å². The van der Waals surface area contributed by atoms with E-state index >= 15 is 0 Å². The topological polar surface area (TPSA) is 121 Å². The maximum Gasteiger partial charge on any atom is 0.407 e. The van der Waals surface area contributed by atoms with Gasteiger partial charge in [0.15, 0.2) is 11.4 Å². The lowest BCUT2D eigenvalue weighted by atomic mass is 9.90. The number of anilines is 3. The maximum atomic E-state index is 12.5. The second kappa shape index (κ2) is 12.2. The zero-order valence-corrected chi connectivity index (χ0v) is 23.3. The molecule has 39 heavy (non-hydrogen) atoms. The molecule has 4 rings (SSSR count). The molecule has 0 radical (unpaired) electrons. The third kappa shape index (κ3) is 7.74. The van der Waals surface area contributed by atoms with E-state index < -0.39 is 11.7 Å². The first kappa shape index (κ1) is 28.0. The molecule has 1 aromatic heterocycles. The van der Waals surface area contributed by atoms with Crippen molar-refractivity contribution in [1.29, 1.82) is 5.26 Å². The van der Waals surface area contributed by atoms with Gasteiger partial charge in [-0.05, 0) is 70.4 Å². The van der Waals surface area contributed by atoms with Crippen LogP contribution in [0, 0.1) is 18.3 Å². The van der Waals surface area contributed by atoms with E-state index in [1.807, 2.05) is 52.0 Å². The fourth-order valence-corrected chi connectivity index (χ4v) is 4.54. The molecule has 0 saturated heterocycles. The van der Waals surface area contributed by atoms with E-state index in [0.717, 1.165) is 36.9 Å². The molecule has 0 bridgehead atoms. The first-order valence-corrected chi connectivity index (χ1v) is 13.3. The summed E-state index contributed by atoms with van der Waals surface area (Å²) in [6.07, 6.45) is 3.08. The predicted octanol–water partition coefficient (Wildman–Crippen LogP) is 7.09. The number of carbonyl (C=O) groups excluding carboxylic acids is 1. The summed E-state index contributed by atoms with van der Waals surface area (Å²) in [4.78, 5) is 21.7. The summed E-state index contributed by atoms with van der Waals surface area (Å²) in [7, 11) is 0. The normalized spacial score (nSPS) is 17.0. The third-order valence-corrected chi connectivity index (χ3v) is 6.41. The van der Waals surface area contributed by atoms with Crippen molar-refractivity contribution in [2.75, 3.05) is 10.6 Å². The number of nitriles is 1. The summed E-state index contributed by atoms with van der Waals surface area (Å²) < 4.78 is 11.5. The van der Waals surface area contributed by atoms with E-state index in [0.29, 0.717) is 10.8 Å². The van der Waals surface area contributed by atoms with Crippen LogP contribution in [0.3, 0.4) is 0 Å². The van der Waals surface area contributed by atoms with Gasteiger partial charge in [-0.15, -0.1) is 0 Å². The van der Waals surface area contributed by atoms with E-state index in [1.165, 1.54) is 0 Å². The van der Waals surface area contributed by atoms with Crippen LogP contribution in [0.25, 0.3) is 0 Å². The summed E-state index contributed by atoms with van der Waals surface area (Å²) in [5.74, 6) is 0.971. The fraction of sp³-hybridized carbons (Fsp3) is 0.379. The number of ether oxygens (including phenoxy) is 2. The molecule has 9 nitrogen and oxygen atoms in total. The van der Waals surface area contributed by atoms with E-state index in [9.17, 15) is 10.1 Å². The van der Waals surface area contributed by atoms with Gasteiger partial charge in [0.1, 0.15) is 17.4 Å². The van der Waals surface area contributed by atoms with Gasteiger partial charge in [0.05, 0.1) is 11.1 Å². The molecule has 0 aliphatic heterocycles. The zero-order valence-electron chi connectivity index (χ0n) is 22.5. The molecule has 10 heteroatoms. The molecule has 1 aliphatic rings. The number of nitrogens with zero attached hydrogens (tertiary/aromatic N) is 3. The number of aromatic nitrogens is 2. The molecule has 1 saturated carbocycles. The van der Waals surface area contributed by atoms with Crippen molar-refractivity contribution < 1.29 is 14.3 Å². The first-order valence-electron chi connectivity index (χ1n) is 13.0. The van der Waals surface area contributed by atoms with Crippen LogP contribution in [-0.4, -0.2) is 33.7 Å². The number of alkyl carbamates (subject to hydrolysis) is 1. The van der Waals surface area contributed by atoms with Gasteiger partial charge in [-0.2, -0.15) is 15.2 Å². The quantitative estimate of drug-likeness (QED) is 0.286. The smallest absolute Gasteiger partial charge is 0.407 e. The number of hydrogen-bond donors (Lipinski definition) is 3. The van der Waals surface area contributed by atoms with Gasteiger partial charge in [-0.25, -0.2) is 4.79 Å². The Morgan fingerprint density at radius 1 is 1.08 bits per heavy atom. The Labute approximate surface area is 233 Å². The van der Waals surface area contributed by atoms with Crippen molar-refractivity contribution in [2.24, 2.45) is 0 Å². The van der Waals surface area contributed by atoms with Gasteiger partial charge in [-0.1, -0.05) is 48.7 Å². The number of carbonyl (C=O) groups is 1. The molecule has 3 aromatic rings. The van der Waals surface area contributed by atoms with E-state index in [2.05, 4.69) is 32.0 Å². The fourth-order valence-electron chi connectivity index (χ4n) is 4.36. The summed E-state index contributed by atoms with van der Waals surface area (Å²) in [6.45, 7) is 7.47. The van der Waals surface area contributed by atoms with Crippen LogP contribution in [0.2, 0.25) is 5.02 Å². The van der Waals surface area contributed by atoms with Crippen LogP contribution < -0.4 is 20.7 Å². The second-order valence-corrected chi connectivity index (χ2v) is 10.9. The number of amides is 1. The van der Waals surface area contributed by atoms with Gasteiger partial charge in [0, 0.05) is 11.7 Å². The Balaban J connectivity index is 1.67. The molecule has 1 fully saturated rings. The van der Waals surface area contributed by atoms with Crippen molar-refractivity contribution in [3.8, 4) is 17.7 Å². The summed E-state index contributed by atoms with van der Waals surface area (Å²) in [6, 6.07) is 16.5. The highest BCUT2D eigenvalue weighted by Crippen LogP contribution is 2.34. The molecule has 0 spiro atoms. The molecule has 2 atom stereocenters. The average molecular weight is 549 g/mol. The lowest BCUT2D eigenvalue weighted by Gasteiger charge is -2.33. The SMILES string of the molecule is Cc1cccc(Nc2nc(N[C@@H]3CCCC[C@@H]3NC(=O)OC(C)(C)C)nc(Oc3ccccc3Cl)c2C#N)c1. The van der Waals surface area contributed by atoms with Crippen LogP contribution in [0.1, 0.15) is 57.6 Å². The largest absolute Gasteiger partial charge is 0.444 e. The zero-order chi connectivity index (χ0) is 28.0. The van der Waals surface area contributed by atoms with Gasteiger partial charge < -0.3 is 25.4 Å². The van der Waals surface area contributed by atoms with Gasteiger partial charge in [-0.3, -0.25) is 0 Å². The number of hydrogen-bond acceptors (Lipinski definition) is 8. The Bertz CT molecular complexity index is 1370. The van der Waals surface area contributed by atoms with Crippen LogP contribution in [0.15, 0.2) is 48.5 Å². The Hall–Kier alpha value is -4.03. The Morgan fingerprint density at radius 3 is 2.51 bits per heavy atom. The molecular weight excluding hydrogens is 516 g/mol. The Kier molecular flexibility index (Phi) is 8.77. The highest BCUT2D eigenvalue weighted by molar-refractivity contribution is 6.32. The van der Waals surface area contributed by atoms with Crippen molar-refractivity contribution >= 4 is 35.1 Å². The molecule has 1 aliphatic carbocycles. The van der Waals surface area contributed by atoms with Crippen LogP contribution in [0.5, 0.6) is 11.6 Å². The highest BCUT2D eigenvalue weighted by atomic mass is 35.5. The molecule has 1 heterocycles.